The second-order valence-corrected chi connectivity index (χ2v) is 3.37. The number of carbonyl (C=O) groups excluding carboxylic acids is 2. The van der Waals surface area contributed by atoms with Crippen LogP contribution in [0.1, 0.15) is 12.0 Å². The minimum absolute atomic E-state index is 0.0699. The highest BCUT2D eigenvalue weighted by Gasteiger charge is 2.12. The lowest BCUT2D eigenvalue weighted by Gasteiger charge is -2.18. The van der Waals surface area contributed by atoms with Crippen LogP contribution in [-0.2, 0) is 21.0 Å². The Morgan fingerprint density at radius 1 is 1.35 bits per heavy atom. The highest BCUT2D eigenvalue weighted by Crippen LogP contribution is 2.04. The van der Waals surface area contributed by atoms with E-state index in [4.69, 9.17) is 4.84 Å². The van der Waals surface area contributed by atoms with Gasteiger partial charge in [0.15, 0.2) is 0 Å². The van der Waals surface area contributed by atoms with Crippen LogP contribution in [-0.4, -0.2) is 23.8 Å². The topological polar surface area (TPSA) is 46.6 Å². The van der Waals surface area contributed by atoms with Gasteiger partial charge < -0.3 is 4.79 Å². The van der Waals surface area contributed by atoms with Crippen molar-refractivity contribution in [2.24, 2.45) is 0 Å². The van der Waals surface area contributed by atoms with E-state index in [0.717, 1.165) is 10.6 Å². The van der Waals surface area contributed by atoms with Crippen molar-refractivity contribution in [1.29, 1.82) is 0 Å². The fraction of sp³-hybridized carbons (Fsp3) is 0.231. The fourth-order valence-electron chi connectivity index (χ4n) is 1.25. The number of aldehydes is 1. The Labute approximate surface area is 100 Å². The molecule has 0 saturated heterocycles. The minimum Gasteiger partial charge on any atom is -0.301 e. The number of hydrogen-bond acceptors (Lipinski definition) is 3. The van der Waals surface area contributed by atoms with Crippen molar-refractivity contribution >= 4 is 12.2 Å². The zero-order chi connectivity index (χ0) is 12.5. The van der Waals surface area contributed by atoms with Gasteiger partial charge in [0, 0.05) is 6.42 Å². The third kappa shape index (κ3) is 4.61. The molecule has 90 valence electrons. The molecule has 1 amide bonds. The second kappa shape index (κ2) is 7.35. The standard InChI is InChI=1S/C13H15NO3/c1-2-6-13(16)14(9-10-15)17-11-12-7-4-3-5-8-12/h2-5,7-8,10H,1,6,9,11H2. The van der Waals surface area contributed by atoms with E-state index >= 15 is 0 Å². The summed E-state index contributed by atoms with van der Waals surface area (Å²) in [5, 5.41) is 1.06. The monoisotopic (exact) mass is 233 g/mol. The predicted molar refractivity (Wildman–Crippen MR) is 63.8 cm³/mol. The van der Waals surface area contributed by atoms with Crippen LogP contribution < -0.4 is 0 Å². The Bertz CT molecular complexity index is 376. The van der Waals surface area contributed by atoms with E-state index in [1.165, 1.54) is 6.08 Å². The maximum absolute atomic E-state index is 11.5. The number of benzene rings is 1. The van der Waals surface area contributed by atoms with Gasteiger partial charge in [-0.2, -0.15) is 0 Å². The van der Waals surface area contributed by atoms with Gasteiger partial charge in [-0.05, 0) is 5.56 Å². The van der Waals surface area contributed by atoms with E-state index in [1.54, 1.807) is 0 Å². The fourth-order valence-corrected chi connectivity index (χ4v) is 1.25. The Hall–Kier alpha value is -1.94. The smallest absolute Gasteiger partial charge is 0.250 e. The van der Waals surface area contributed by atoms with Crippen molar-refractivity contribution < 1.29 is 14.4 Å². The molecule has 1 rings (SSSR count). The number of rotatable bonds is 7. The maximum atomic E-state index is 11.5. The number of carbonyl (C=O) groups is 2. The molecule has 0 aliphatic heterocycles. The van der Waals surface area contributed by atoms with Crippen LogP contribution in [0, 0.1) is 0 Å². The van der Waals surface area contributed by atoms with Gasteiger partial charge in [-0.25, -0.2) is 5.06 Å². The average molecular weight is 233 g/mol. The zero-order valence-corrected chi connectivity index (χ0v) is 9.54. The molecule has 0 aliphatic carbocycles. The molecule has 4 heteroatoms. The molecule has 0 spiro atoms. The molecular formula is C13H15NO3. The van der Waals surface area contributed by atoms with Crippen LogP contribution in [0.25, 0.3) is 0 Å². The van der Waals surface area contributed by atoms with Crippen molar-refractivity contribution in [1.82, 2.24) is 5.06 Å². The molecule has 0 saturated carbocycles. The SMILES string of the molecule is C=CCC(=O)N(CC=O)OCc1ccccc1. The summed E-state index contributed by atoms with van der Waals surface area (Å²) in [6.07, 6.45) is 2.26. The lowest BCUT2D eigenvalue weighted by atomic mass is 10.2. The molecule has 1 aromatic carbocycles. The summed E-state index contributed by atoms with van der Waals surface area (Å²) in [6, 6.07) is 9.44. The van der Waals surface area contributed by atoms with Crippen LogP contribution in [0.5, 0.6) is 0 Å². The lowest BCUT2D eigenvalue weighted by Crippen LogP contribution is -2.32. The van der Waals surface area contributed by atoms with Gasteiger partial charge in [-0.15, -0.1) is 6.58 Å². The highest BCUT2D eigenvalue weighted by molar-refractivity contribution is 5.78. The van der Waals surface area contributed by atoms with Crippen molar-refractivity contribution in [2.75, 3.05) is 6.54 Å². The van der Waals surface area contributed by atoms with Gasteiger partial charge in [-0.3, -0.25) is 9.63 Å². The van der Waals surface area contributed by atoms with E-state index in [2.05, 4.69) is 6.58 Å². The zero-order valence-electron chi connectivity index (χ0n) is 9.54. The van der Waals surface area contributed by atoms with Gasteiger partial charge in [0.05, 0.1) is 0 Å². The Kier molecular flexibility index (Phi) is 5.68. The van der Waals surface area contributed by atoms with E-state index in [0.29, 0.717) is 6.29 Å². The van der Waals surface area contributed by atoms with E-state index < -0.39 is 0 Å². The Morgan fingerprint density at radius 2 is 2.06 bits per heavy atom. The van der Waals surface area contributed by atoms with Crippen LogP contribution in [0.15, 0.2) is 43.0 Å². The summed E-state index contributed by atoms with van der Waals surface area (Å²) >= 11 is 0. The third-order valence-electron chi connectivity index (χ3n) is 2.07. The molecular weight excluding hydrogens is 218 g/mol. The van der Waals surface area contributed by atoms with Crippen molar-refractivity contribution in [3.8, 4) is 0 Å². The third-order valence-corrected chi connectivity index (χ3v) is 2.07. The molecule has 0 radical (unpaired) electrons. The molecule has 0 unspecified atom stereocenters. The molecule has 0 atom stereocenters. The van der Waals surface area contributed by atoms with E-state index in [-0.39, 0.29) is 25.5 Å². The lowest BCUT2D eigenvalue weighted by molar-refractivity contribution is -0.190. The Balaban J connectivity index is 2.52. The van der Waals surface area contributed by atoms with Crippen LogP contribution in [0.3, 0.4) is 0 Å². The molecule has 0 bridgehead atoms. The molecule has 4 nitrogen and oxygen atoms in total. The number of hydrogen-bond donors (Lipinski definition) is 0. The number of hydroxylamine groups is 2. The molecule has 0 aliphatic rings. The second-order valence-electron chi connectivity index (χ2n) is 3.37. The number of amides is 1. The molecule has 0 heterocycles. The van der Waals surface area contributed by atoms with E-state index in [1.807, 2.05) is 30.3 Å². The van der Waals surface area contributed by atoms with Gasteiger partial charge in [-0.1, -0.05) is 36.4 Å². The highest BCUT2D eigenvalue weighted by atomic mass is 16.7. The first-order chi connectivity index (χ1) is 8.27. The van der Waals surface area contributed by atoms with Crippen molar-refractivity contribution in [2.45, 2.75) is 13.0 Å². The quantitative estimate of drug-likeness (QED) is 0.409. The first-order valence-electron chi connectivity index (χ1n) is 5.29. The van der Waals surface area contributed by atoms with Crippen molar-refractivity contribution in [3.05, 3.63) is 48.6 Å². The van der Waals surface area contributed by atoms with Gasteiger partial charge in [0.25, 0.3) is 0 Å². The first kappa shape index (κ1) is 13.1. The van der Waals surface area contributed by atoms with Crippen LogP contribution >= 0.6 is 0 Å². The van der Waals surface area contributed by atoms with Crippen LogP contribution in [0.4, 0.5) is 0 Å². The summed E-state index contributed by atoms with van der Waals surface area (Å²) in [5.41, 5.74) is 0.940. The Morgan fingerprint density at radius 3 is 2.65 bits per heavy atom. The average Bonchev–Trinajstić information content (AvgIpc) is 2.36. The maximum Gasteiger partial charge on any atom is 0.250 e. The molecule has 0 aromatic heterocycles. The molecule has 0 fully saturated rings. The molecule has 17 heavy (non-hydrogen) atoms. The van der Waals surface area contributed by atoms with Crippen molar-refractivity contribution in [3.63, 3.8) is 0 Å². The summed E-state index contributed by atoms with van der Waals surface area (Å²) in [4.78, 5) is 27.2. The minimum atomic E-state index is -0.275. The predicted octanol–water partition coefficient (Wildman–Crippen LogP) is 1.72. The molecule has 0 N–H and O–H groups in total. The summed E-state index contributed by atoms with van der Waals surface area (Å²) in [5.74, 6) is -0.275. The summed E-state index contributed by atoms with van der Waals surface area (Å²) < 4.78 is 0. The first-order valence-corrected chi connectivity index (χ1v) is 5.29. The van der Waals surface area contributed by atoms with Gasteiger partial charge in [0.1, 0.15) is 19.4 Å². The van der Waals surface area contributed by atoms with Crippen LogP contribution in [0.2, 0.25) is 0 Å². The van der Waals surface area contributed by atoms with Gasteiger partial charge in [0.2, 0.25) is 5.91 Å². The van der Waals surface area contributed by atoms with Gasteiger partial charge >= 0.3 is 0 Å². The normalized spacial score (nSPS) is 9.65. The number of nitrogens with zero attached hydrogens (tertiary/aromatic N) is 1. The summed E-state index contributed by atoms with van der Waals surface area (Å²) in [7, 11) is 0. The summed E-state index contributed by atoms with van der Waals surface area (Å²) in [6.45, 7) is 3.66. The largest absolute Gasteiger partial charge is 0.301 e. The van der Waals surface area contributed by atoms with E-state index in [9.17, 15) is 9.59 Å². The molecule has 1 aromatic rings.